The Kier molecular flexibility index (Phi) is 4.89. The third kappa shape index (κ3) is 3.43. The van der Waals surface area contributed by atoms with E-state index in [2.05, 4.69) is 14.6 Å². The summed E-state index contributed by atoms with van der Waals surface area (Å²) in [5.74, 6) is -0.194. The molecule has 8 nitrogen and oxygen atoms in total. The quantitative estimate of drug-likeness (QED) is 0.751. The number of furan rings is 1. The van der Waals surface area contributed by atoms with Gasteiger partial charge < -0.3 is 18.5 Å². The van der Waals surface area contributed by atoms with Crippen LogP contribution in [0.2, 0.25) is 0 Å². The Morgan fingerprint density at radius 3 is 2.72 bits per heavy atom. The summed E-state index contributed by atoms with van der Waals surface area (Å²) >= 11 is 0. The van der Waals surface area contributed by atoms with Crippen LogP contribution in [-0.4, -0.2) is 53.7 Å². The van der Waals surface area contributed by atoms with E-state index in [9.17, 15) is 9.59 Å². The molecular formula is C17H21N3O5. The molecule has 2 atom stereocenters. The highest BCUT2D eigenvalue weighted by atomic mass is 16.5. The van der Waals surface area contributed by atoms with Crippen molar-refractivity contribution in [2.45, 2.75) is 12.5 Å². The number of hydrogen-bond donors (Lipinski definition) is 0. The summed E-state index contributed by atoms with van der Waals surface area (Å²) in [6, 6.07) is 3.34. The topological polar surface area (TPSA) is 86.8 Å². The highest BCUT2D eigenvalue weighted by Gasteiger charge is 2.40. The number of hydrogen-bond acceptors (Lipinski definition) is 7. The molecule has 25 heavy (non-hydrogen) atoms. The molecule has 134 valence electrons. The van der Waals surface area contributed by atoms with Gasteiger partial charge in [0.15, 0.2) is 0 Å². The van der Waals surface area contributed by atoms with Gasteiger partial charge >= 0.3 is 11.9 Å². The van der Waals surface area contributed by atoms with Gasteiger partial charge in [0.05, 0.1) is 33.0 Å². The number of nitrogens with zero attached hydrogens (tertiary/aromatic N) is 3. The summed E-state index contributed by atoms with van der Waals surface area (Å²) in [6.07, 6.45) is 3.51. The van der Waals surface area contributed by atoms with E-state index in [1.807, 2.05) is 11.6 Å². The first-order chi connectivity index (χ1) is 12.0. The van der Waals surface area contributed by atoms with E-state index in [0.29, 0.717) is 25.4 Å². The zero-order valence-corrected chi connectivity index (χ0v) is 14.5. The minimum Gasteiger partial charge on any atom is -0.469 e. The van der Waals surface area contributed by atoms with E-state index in [1.165, 1.54) is 14.2 Å². The second kappa shape index (κ2) is 7.10. The number of aryl methyl sites for hydroxylation is 1. The van der Waals surface area contributed by atoms with E-state index < -0.39 is 5.97 Å². The molecule has 0 amide bonds. The number of aromatic nitrogens is 2. The molecule has 0 unspecified atom stereocenters. The van der Waals surface area contributed by atoms with Crippen LogP contribution in [-0.2, 0) is 27.9 Å². The van der Waals surface area contributed by atoms with Crippen molar-refractivity contribution in [1.29, 1.82) is 0 Å². The van der Waals surface area contributed by atoms with Crippen molar-refractivity contribution in [2.75, 3.05) is 27.3 Å². The second-order valence-corrected chi connectivity index (χ2v) is 6.12. The zero-order chi connectivity index (χ0) is 18.0. The van der Waals surface area contributed by atoms with E-state index in [1.54, 1.807) is 24.7 Å². The molecule has 3 heterocycles. The van der Waals surface area contributed by atoms with Crippen molar-refractivity contribution >= 4 is 11.9 Å². The first-order valence-corrected chi connectivity index (χ1v) is 7.97. The maximum absolute atomic E-state index is 12.2. The second-order valence-electron chi connectivity index (χ2n) is 6.12. The number of likely N-dealkylation sites (tertiary alicyclic amines) is 1. The van der Waals surface area contributed by atoms with Crippen LogP contribution in [0.25, 0.3) is 0 Å². The van der Waals surface area contributed by atoms with E-state index >= 15 is 0 Å². The van der Waals surface area contributed by atoms with Crippen LogP contribution in [0.4, 0.5) is 0 Å². The van der Waals surface area contributed by atoms with Crippen molar-refractivity contribution in [2.24, 2.45) is 13.0 Å². The molecule has 2 aromatic rings. The Hall–Kier alpha value is -2.61. The molecule has 0 aromatic carbocycles. The van der Waals surface area contributed by atoms with Crippen LogP contribution in [0.5, 0.6) is 0 Å². The summed E-state index contributed by atoms with van der Waals surface area (Å²) in [6.45, 7) is 1.73. The number of ether oxygens (including phenoxy) is 2. The number of carbonyl (C=O) groups is 2. The molecule has 1 aliphatic rings. The number of esters is 2. The molecule has 1 fully saturated rings. The molecule has 3 rings (SSSR count). The average Bonchev–Trinajstić information content (AvgIpc) is 3.33. The normalized spacial score (nSPS) is 20.6. The fourth-order valence-electron chi connectivity index (χ4n) is 3.32. The Morgan fingerprint density at radius 1 is 1.28 bits per heavy atom. The van der Waals surface area contributed by atoms with E-state index in [0.717, 1.165) is 5.69 Å². The molecular weight excluding hydrogens is 326 g/mol. The third-order valence-electron chi connectivity index (χ3n) is 4.56. The summed E-state index contributed by atoms with van der Waals surface area (Å²) in [5, 5.41) is 0. The minimum absolute atomic E-state index is 0.00464. The molecule has 1 saturated heterocycles. The van der Waals surface area contributed by atoms with Crippen LogP contribution in [0.3, 0.4) is 0 Å². The number of methoxy groups -OCH3 is 2. The van der Waals surface area contributed by atoms with Crippen molar-refractivity contribution < 1.29 is 23.5 Å². The van der Waals surface area contributed by atoms with Crippen molar-refractivity contribution in [1.82, 2.24) is 14.5 Å². The molecule has 0 bridgehead atoms. The maximum Gasteiger partial charge on any atom is 0.373 e. The number of imidazole rings is 1. The third-order valence-corrected chi connectivity index (χ3v) is 4.56. The van der Waals surface area contributed by atoms with E-state index in [4.69, 9.17) is 9.15 Å². The molecule has 0 aliphatic carbocycles. The fraction of sp³-hybridized carbons (Fsp3) is 0.471. The van der Waals surface area contributed by atoms with Crippen molar-refractivity contribution in [3.05, 3.63) is 41.9 Å². The van der Waals surface area contributed by atoms with Crippen LogP contribution in [0, 0.1) is 5.92 Å². The lowest BCUT2D eigenvalue weighted by atomic mass is 9.93. The Labute approximate surface area is 145 Å². The zero-order valence-electron chi connectivity index (χ0n) is 14.5. The largest absolute Gasteiger partial charge is 0.469 e. The molecule has 0 N–H and O–H groups in total. The van der Waals surface area contributed by atoms with Gasteiger partial charge in [-0.1, -0.05) is 0 Å². The minimum atomic E-state index is -0.507. The first kappa shape index (κ1) is 17.2. The molecule has 2 aromatic heterocycles. The van der Waals surface area contributed by atoms with Gasteiger partial charge in [0.2, 0.25) is 5.76 Å². The molecule has 8 heteroatoms. The first-order valence-electron chi connectivity index (χ1n) is 7.97. The summed E-state index contributed by atoms with van der Waals surface area (Å²) in [7, 11) is 4.62. The lowest BCUT2D eigenvalue weighted by molar-refractivity contribution is -0.145. The molecule has 0 saturated carbocycles. The fourth-order valence-corrected chi connectivity index (χ4v) is 3.32. The molecule has 1 aliphatic heterocycles. The SMILES string of the molecule is COC(=O)c1ccc(CN2C[C@@H](C(=O)OC)[C@H](c3cncn3C)C2)o1. The smallest absolute Gasteiger partial charge is 0.373 e. The lowest BCUT2D eigenvalue weighted by Crippen LogP contribution is -2.24. The number of rotatable bonds is 5. The Balaban J connectivity index is 1.75. The van der Waals surface area contributed by atoms with Crippen molar-refractivity contribution in [3.8, 4) is 0 Å². The standard InChI is InChI=1S/C17H21N3O5/c1-19-10-18-6-14(19)12-8-20(9-13(12)16(21)23-2)7-11-4-5-15(25-11)17(22)24-3/h4-6,10,12-13H,7-9H2,1-3H3/t12-,13-/m1/s1. The van der Waals surface area contributed by atoms with Crippen molar-refractivity contribution in [3.63, 3.8) is 0 Å². The van der Waals surface area contributed by atoms with Gasteiger partial charge in [-0.25, -0.2) is 9.78 Å². The monoisotopic (exact) mass is 347 g/mol. The Bertz CT molecular complexity index is 766. The molecule has 0 spiro atoms. The lowest BCUT2D eigenvalue weighted by Gasteiger charge is -2.16. The Morgan fingerprint density at radius 2 is 2.08 bits per heavy atom. The van der Waals surface area contributed by atoms with E-state index in [-0.39, 0.29) is 23.6 Å². The number of carbonyl (C=O) groups excluding carboxylic acids is 2. The van der Waals surface area contributed by atoms with Crippen LogP contribution in [0.15, 0.2) is 29.1 Å². The average molecular weight is 347 g/mol. The summed E-state index contributed by atoms with van der Waals surface area (Å²) < 4.78 is 17.1. The summed E-state index contributed by atoms with van der Waals surface area (Å²) in [4.78, 5) is 29.9. The van der Waals surface area contributed by atoms with Crippen LogP contribution in [0.1, 0.15) is 27.9 Å². The van der Waals surface area contributed by atoms with Crippen LogP contribution >= 0.6 is 0 Å². The predicted octanol–water partition coefficient (Wildman–Crippen LogP) is 1.19. The summed E-state index contributed by atoms with van der Waals surface area (Å²) in [5.41, 5.74) is 0.993. The maximum atomic E-state index is 12.2. The van der Waals surface area contributed by atoms with Gasteiger partial charge in [-0.15, -0.1) is 0 Å². The molecule has 0 radical (unpaired) electrons. The van der Waals surface area contributed by atoms with Gasteiger partial charge in [0, 0.05) is 37.9 Å². The van der Waals surface area contributed by atoms with Gasteiger partial charge in [0.1, 0.15) is 5.76 Å². The van der Waals surface area contributed by atoms with Crippen LogP contribution < -0.4 is 0 Å². The van der Waals surface area contributed by atoms with Gasteiger partial charge in [-0.05, 0) is 12.1 Å². The van der Waals surface area contributed by atoms with Gasteiger partial charge in [0.25, 0.3) is 0 Å². The highest BCUT2D eigenvalue weighted by molar-refractivity contribution is 5.86. The predicted molar refractivity (Wildman–Crippen MR) is 86.8 cm³/mol. The van der Waals surface area contributed by atoms with Gasteiger partial charge in [-0.2, -0.15) is 0 Å². The highest BCUT2D eigenvalue weighted by Crippen LogP contribution is 2.34. The van der Waals surface area contributed by atoms with Gasteiger partial charge in [-0.3, -0.25) is 9.69 Å².